The molecule has 2 rings (SSSR count). The second-order valence-corrected chi connectivity index (χ2v) is 5.35. The van der Waals surface area contributed by atoms with Gasteiger partial charge in [0.1, 0.15) is 11.8 Å². The van der Waals surface area contributed by atoms with E-state index in [-0.39, 0.29) is 12.6 Å². The van der Waals surface area contributed by atoms with Crippen LogP contribution in [-0.4, -0.2) is 6.61 Å². The summed E-state index contributed by atoms with van der Waals surface area (Å²) in [7, 11) is 0. The lowest BCUT2D eigenvalue weighted by atomic mass is 10.1. The van der Waals surface area contributed by atoms with Gasteiger partial charge in [-0.05, 0) is 55.0 Å². The van der Waals surface area contributed by atoms with Crippen LogP contribution >= 0.6 is 23.2 Å². The van der Waals surface area contributed by atoms with Crippen LogP contribution in [-0.2, 0) is 0 Å². The number of nitrogens with zero attached hydrogens (tertiary/aromatic N) is 1. The van der Waals surface area contributed by atoms with Gasteiger partial charge < -0.3 is 10.1 Å². The van der Waals surface area contributed by atoms with Crippen molar-refractivity contribution in [2.24, 2.45) is 0 Å². The van der Waals surface area contributed by atoms with Gasteiger partial charge in [-0.25, -0.2) is 0 Å². The first kappa shape index (κ1) is 15.5. The smallest absolute Gasteiger partial charge is 0.174 e. The third kappa shape index (κ3) is 4.29. The predicted molar refractivity (Wildman–Crippen MR) is 86.0 cm³/mol. The molecule has 0 radical (unpaired) electrons. The van der Waals surface area contributed by atoms with Crippen molar-refractivity contribution in [3.63, 3.8) is 0 Å². The van der Waals surface area contributed by atoms with E-state index in [1.54, 1.807) is 12.1 Å². The largest absolute Gasteiger partial charge is 0.479 e. The molecule has 21 heavy (non-hydrogen) atoms. The van der Waals surface area contributed by atoms with Crippen LogP contribution < -0.4 is 10.1 Å². The average molecular weight is 321 g/mol. The maximum absolute atomic E-state index is 8.46. The molecular formula is C16H14Cl2N2O. The van der Waals surface area contributed by atoms with Crippen LogP contribution in [0.25, 0.3) is 0 Å². The zero-order chi connectivity index (χ0) is 15.2. The summed E-state index contributed by atoms with van der Waals surface area (Å²) >= 11 is 12.2. The average Bonchev–Trinajstić information content (AvgIpc) is 2.49. The van der Waals surface area contributed by atoms with Gasteiger partial charge in [0.2, 0.25) is 0 Å². The van der Waals surface area contributed by atoms with Crippen LogP contribution in [0.5, 0.6) is 5.75 Å². The Kier molecular flexibility index (Phi) is 5.32. The standard InChI is InChI=1S/C16H14Cl2N2O/c1-11(15-10-12(17)2-7-16(15)18)20-13-3-5-14(6-4-13)21-9-8-19/h2-7,10-11,20H,9H2,1H3. The van der Waals surface area contributed by atoms with Gasteiger partial charge in [0.15, 0.2) is 6.61 Å². The molecule has 3 nitrogen and oxygen atoms in total. The molecule has 0 heterocycles. The second-order valence-electron chi connectivity index (χ2n) is 4.50. The van der Waals surface area contributed by atoms with E-state index in [4.69, 9.17) is 33.2 Å². The third-order valence-corrected chi connectivity index (χ3v) is 3.54. The van der Waals surface area contributed by atoms with Crippen molar-refractivity contribution in [2.45, 2.75) is 13.0 Å². The number of ether oxygens (including phenoxy) is 1. The highest BCUT2D eigenvalue weighted by Crippen LogP contribution is 2.29. The van der Waals surface area contributed by atoms with Crippen molar-refractivity contribution in [2.75, 3.05) is 11.9 Å². The molecule has 108 valence electrons. The highest BCUT2D eigenvalue weighted by atomic mass is 35.5. The molecule has 0 saturated heterocycles. The fraction of sp³-hybridized carbons (Fsp3) is 0.188. The van der Waals surface area contributed by atoms with Gasteiger partial charge >= 0.3 is 0 Å². The quantitative estimate of drug-likeness (QED) is 0.836. The highest BCUT2D eigenvalue weighted by Gasteiger charge is 2.10. The minimum absolute atomic E-state index is 0.0158. The van der Waals surface area contributed by atoms with E-state index < -0.39 is 0 Å². The lowest BCUT2D eigenvalue weighted by molar-refractivity contribution is 0.368. The van der Waals surface area contributed by atoms with E-state index in [1.165, 1.54) is 0 Å². The Balaban J connectivity index is 2.07. The Hall–Kier alpha value is -1.89. The zero-order valence-corrected chi connectivity index (χ0v) is 12.9. The first-order valence-corrected chi connectivity index (χ1v) is 7.17. The molecule has 2 aromatic carbocycles. The minimum Gasteiger partial charge on any atom is -0.479 e. The molecule has 1 atom stereocenters. The summed E-state index contributed by atoms with van der Waals surface area (Å²) in [5.41, 5.74) is 1.87. The first-order valence-electron chi connectivity index (χ1n) is 6.41. The van der Waals surface area contributed by atoms with Crippen LogP contribution in [0.4, 0.5) is 5.69 Å². The van der Waals surface area contributed by atoms with E-state index in [0.717, 1.165) is 11.3 Å². The molecule has 2 aromatic rings. The molecule has 0 spiro atoms. The molecule has 0 aromatic heterocycles. The summed E-state index contributed by atoms with van der Waals surface area (Å²) < 4.78 is 5.21. The van der Waals surface area contributed by atoms with Crippen LogP contribution in [0.15, 0.2) is 42.5 Å². The SMILES string of the molecule is CC(Nc1ccc(OCC#N)cc1)c1cc(Cl)ccc1Cl. The number of nitriles is 1. The van der Waals surface area contributed by atoms with Gasteiger partial charge in [-0.15, -0.1) is 0 Å². The number of hydrogen-bond donors (Lipinski definition) is 1. The molecule has 0 aliphatic rings. The van der Waals surface area contributed by atoms with Gasteiger partial charge in [-0.1, -0.05) is 23.2 Å². The molecule has 5 heteroatoms. The topological polar surface area (TPSA) is 45.0 Å². The number of halogens is 2. The molecule has 1 unspecified atom stereocenters. The molecule has 0 saturated carbocycles. The van der Waals surface area contributed by atoms with E-state index in [1.807, 2.05) is 43.3 Å². The highest BCUT2D eigenvalue weighted by molar-refractivity contribution is 6.33. The summed E-state index contributed by atoms with van der Waals surface area (Å²) in [5.74, 6) is 0.663. The normalized spacial score (nSPS) is 11.5. The van der Waals surface area contributed by atoms with Gasteiger partial charge in [-0.2, -0.15) is 5.26 Å². The van der Waals surface area contributed by atoms with Crippen molar-refractivity contribution >= 4 is 28.9 Å². The van der Waals surface area contributed by atoms with Crippen LogP contribution in [0.2, 0.25) is 10.0 Å². The van der Waals surface area contributed by atoms with E-state index >= 15 is 0 Å². The second kappa shape index (κ2) is 7.21. The molecule has 1 N–H and O–H groups in total. The Morgan fingerprint density at radius 3 is 2.57 bits per heavy atom. The van der Waals surface area contributed by atoms with E-state index in [0.29, 0.717) is 15.8 Å². The lowest BCUT2D eigenvalue weighted by Gasteiger charge is -2.17. The molecule has 0 aliphatic carbocycles. The Morgan fingerprint density at radius 2 is 1.90 bits per heavy atom. The number of hydrogen-bond acceptors (Lipinski definition) is 3. The number of benzene rings is 2. The summed E-state index contributed by atoms with van der Waals surface area (Å²) in [6.45, 7) is 2.05. The Labute approximate surface area is 134 Å². The Morgan fingerprint density at radius 1 is 1.19 bits per heavy atom. The fourth-order valence-corrected chi connectivity index (χ4v) is 2.40. The monoisotopic (exact) mass is 320 g/mol. The molecule has 0 bridgehead atoms. The Bertz CT molecular complexity index is 650. The summed E-state index contributed by atoms with van der Waals surface area (Å²) in [6, 6.07) is 14.8. The van der Waals surface area contributed by atoms with E-state index in [9.17, 15) is 0 Å². The molecular weight excluding hydrogens is 307 g/mol. The maximum atomic E-state index is 8.46. The van der Waals surface area contributed by atoms with Crippen molar-refractivity contribution < 1.29 is 4.74 Å². The van der Waals surface area contributed by atoms with Crippen molar-refractivity contribution in [3.8, 4) is 11.8 Å². The van der Waals surface area contributed by atoms with Gasteiger partial charge in [0.25, 0.3) is 0 Å². The predicted octanol–water partition coefficient (Wildman–Crippen LogP) is 5.07. The molecule has 0 amide bonds. The third-order valence-electron chi connectivity index (χ3n) is 2.97. The van der Waals surface area contributed by atoms with Crippen molar-refractivity contribution in [1.29, 1.82) is 5.26 Å². The van der Waals surface area contributed by atoms with Crippen molar-refractivity contribution in [1.82, 2.24) is 0 Å². The fourth-order valence-electron chi connectivity index (χ4n) is 1.94. The number of rotatable bonds is 5. The van der Waals surface area contributed by atoms with Crippen LogP contribution in [0.3, 0.4) is 0 Å². The van der Waals surface area contributed by atoms with E-state index in [2.05, 4.69) is 5.32 Å². The zero-order valence-electron chi connectivity index (χ0n) is 11.4. The molecule has 0 fully saturated rings. The van der Waals surface area contributed by atoms with Gasteiger partial charge in [0.05, 0.1) is 6.04 Å². The lowest BCUT2D eigenvalue weighted by Crippen LogP contribution is -2.07. The van der Waals surface area contributed by atoms with Crippen LogP contribution in [0.1, 0.15) is 18.5 Å². The van der Waals surface area contributed by atoms with Gasteiger partial charge in [0, 0.05) is 15.7 Å². The number of anilines is 1. The van der Waals surface area contributed by atoms with Gasteiger partial charge in [-0.3, -0.25) is 0 Å². The molecule has 0 aliphatic heterocycles. The number of nitrogens with one attached hydrogen (secondary N) is 1. The summed E-state index contributed by atoms with van der Waals surface area (Å²) in [6.07, 6.45) is 0. The van der Waals surface area contributed by atoms with Crippen LogP contribution in [0, 0.1) is 11.3 Å². The first-order chi connectivity index (χ1) is 10.1. The summed E-state index contributed by atoms with van der Waals surface area (Å²) in [5, 5.41) is 13.1. The van der Waals surface area contributed by atoms with Crippen molar-refractivity contribution in [3.05, 3.63) is 58.1 Å². The summed E-state index contributed by atoms with van der Waals surface area (Å²) in [4.78, 5) is 0. The minimum atomic E-state index is 0.0158. The maximum Gasteiger partial charge on any atom is 0.174 e.